The van der Waals surface area contributed by atoms with E-state index in [0.29, 0.717) is 24.6 Å². The molecule has 1 aliphatic carbocycles. The van der Waals surface area contributed by atoms with Gasteiger partial charge in [-0.25, -0.2) is 9.38 Å². The van der Waals surface area contributed by atoms with Crippen LogP contribution in [0.3, 0.4) is 0 Å². The molecule has 1 aliphatic heterocycles. The van der Waals surface area contributed by atoms with Crippen LogP contribution in [0.5, 0.6) is 5.75 Å². The molecule has 2 aliphatic rings. The SMILES string of the molecule is COc1ccc(N2CN=C(Cl)N(CC3CCCCC3)C2)cc1F. The van der Waals surface area contributed by atoms with Gasteiger partial charge in [-0.05, 0) is 42.5 Å². The van der Waals surface area contributed by atoms with Crippen LogP contribution in [0, 0.1) is 11.7 Å². The third kappa shape index (κ3) is 3.89. The van der Waals surface area contributed by atoms with Crippen LogP contribution >= 0.6 is 11.6 Å². The highest BCUT2D eigenvalue weighted by Gasteiger charge is 2.24. The molecule has 0 atom stereocenters. The number of ether oxygens (including phenoxy) is 1. The Hall–Kier alpha value is -1.49. The Balaban J connectivity index is 1.69. The zero-order valence-corrected chi connectivity index (χ0v) is 14.2. The topological polar surface area (TPSA) is 28.1 Å². The molecule has 0 aromatic heterocycles. The summed E-state index contributed by atoms with van der Waals surface area (Å²) in [5, 5.41) is 0.570. The highest BCUT2D eigenvalue weighted by molar-refractivity contribution is 6.64. The first-order valence-corrected chi connectivity index (χ1v) is 8.58. The molecule has 0 saturated heterocycles. The molecular weight excluding hydrogens is 317 g/mol. The van der Waals surface area contributed by atoms with Crippen molar-refractivity contribution in [3.8, 4) is 5.75 Å². The average molecular weight is 340 g/mol. The van der Waals surface area contributed by atoms with Gasteiger partial charge >= 0.3 is 0 Å². The van der Waals surface area contributed by atoms with Crippen LogP contribution in [0.4, 0.5) is 10.1 Å². The quantitative estimate of drug-likeness (QED) is 0.775. The third-order valence-electron chi connectivity index (χ3n) is 4.68. The molecule has 3 rings (SSSR count). The Morgan fingerprint density at radius 2 is 2.09 bits per heavy atom. The second-order valence-electron chi connectivity index (χ2n) is 6.30. The van der Waals surface area contributed by atoms with Crippen molar-refractivity contribution < 1.29 is 9.13 Å². The number of rotatable bonds is 4. The lowest BCUT2D eigenvalue weighted by Crippen LogP contribution is -2.46. The van der Waals surface area contributed by atoms with Crippen LogP contribution in [0.25, 0.3) is 0 Å². The number of anilines is 1. The molecule has 1 aromatic rings. The summed E-state index contributed by atoms with van der Waals surface area (Å²) in [7, 11) is 1.47. The molecule has 1 aromatic carbocycles. The molecule has 4 nitrogen and oxygen atoms in total. The van der Waals surface area contributed by atoms with Gasteiger partial charge < -0.3 is 14.5 Å². The fourth-order valence-corrected chi connectivity index (χ4v) is 3.56. The van der Waals surface area contributed by atoms with Crippen LogP contribution in [0.2, 0.25) is 0 Å². The van der Waals surface area contributed by atoms with E-state index in [-0.39, 0.29) is 11.6 Å². The number of aliphatic imine (C=N–C) groups is 1. The highest BCUT2D eigenvalue weighted by Crippen LogP contribution is 2.28. The van der Waals surface area contributed by atoms with Crippen molar-refractivity contribution in [1.29, 1.82) is 0 Å². The molecule has 1 saturated carbocycles. The number of hydrogen-bond donors (Lipinski definition) is 0. The zero-order chi connectivity index (χ0) is 16.2. The summed E-state index contributed by atoms with van der Waals surface area (Å²) in [6, 6.07) is 5.00. The monoisotopic (exact) mass is 339 g/mol. The van der Waals surface area contributed by atoms with Gasteiger partial charge in [0.25, 0.3) is 0 Å². The van der Waals surface area contributed by atoms with Crippen molar-refractivity contribution in [2.75, 3.05) is 31.9 Å². The molecular formula is C17H23ClFN3O. The smallest absolute Gasteiger partial charge is 0.197 e. The number of nitrogens with zero attached hydrogens (tertiary/aromatic N) is 3. The van der Waals surface area contributed by atoms with E-state index in [1.165, 1.54) is 45.3 Å². The largest absolute Gasteiger partial charge is 0.494 e. The molecule has 0 unspecified atom stereocenters. The van der Waals surface area contributed by atoms with Gasteiger partial charge in [-0.1, -0.05) is 19.3 Å². The standard InChI is InChI=1S/C17H23ClFN3O/c1-23-16-8-7-14(9-15(16)19)22-11-20-17(18)21(12-22)10-13-5-3-2-4-6-13/h7-9,13H,2-6,10-12H2,1H3. The first kappa shape index (κ1) is 16.4. The number of amidine groups is 1. The summed E-state index contributed by atoms with van der Waals surface area (Å²) in [5.74, 6) is 0.580. The van der Waals surface area contributed by atoms with E-state index >= 15 is 0 Å². The fraction of sp³-hybridized carbons (Fsp3) is 0.588. The number of halogens is 2. The first-order chi connectivity index (χ1) is 11.2. The summed E-state index contributed by atoms with van der Waals surface area (Å²) in [5.41, 5.74) is 0.796. The normalized spacial score (nSPS) is 19.7. The van der Waals surface area contributed by atoms with Gasteiger partial charge in [-0.15, -0.1) is 0 Å². The molecule has 0 spiro atoms. The number of hydrogen-bond acceptors (Lipinski definition) is 4. The minimum absolute atomic E-state index is 0.256. The lowest BCUT2D eigenvalue weighted by molar-refractivity contribution is 0.270. The molecule has 0 N–H and O–H groups in total. The van der Waals surface area contributed by atoms with Crippen molar-refractivity contribution in [3.05, 3.63) is 24.0 Å². The van der Waals surface area contributed by atoms with Crippen molar-refractivity contribution in [1.82, 2.24) is 4.90 Å². The molecule has 0 radical (unpaired) electrons. The van der Waals surface area contributed by atoms with E-state index in [9.17, 15) is 4.39 Å². The van der Waals surface area contributed by atoms with Crippen LogP contribution in [0.1, 0.15) is 32.1 Å². The summed E-state index contributed by atoms with van der Waals surface area (Å²) in [6.07, 6.45) is 6.48. The van der Waals surface area contributed by atoms with E-state index in [1.54, 1.807) is 6.07 Å². The number of methoxy groups -OCH3 is 1. The Kier molecular flexibility index (Phi) is 5.26. The van der Waals surface area contributed by atoms with Gasteiger partial charge in [0, 0.05) is 18.3 Å². The van der Waals surface area contributed by atoms with E-state index in [2.05, 4.69) is 9.89 Å². The molecule has 1 fully saturated rings. The first-order valence-electron chi connectivity index (χ1n) is 8.21. The van der Waals surface area contributed by atoms with Gasteiger partial charge in [-0.2, -0.15) is 0 Å². The Morgan fingerprint density at radius 3 is 2.78 bits per heavy atom. The predicted octanol–water partition coefficient (Wildman–Crippen LogP) is 4.05. The predicted molar refractivity (Wildman–Crippen MR) is 91.7 cm³/mol. The second kappa shape index (κ2) is 7.39. The van der Waals surface area contributed by atoms with Gasteiger partial charge in [0.1, 0.15) is 6.67 Å². The minimum Gasteiger partial charge on any atom is -0.494 e. The van der Waals surface area contributed by atoms with Gasteiger partial charge in [0.2, 0.25) is 0 Å². The summed E-state index contributed by atoms with van der Waals surface area (Å²) >= 11 is 6.29. The molecule has 0 amide bonds. The molecule has 126 valence electrons. The van der Waals surface area contributed by atoms with Gasteiger partial charge in [0.05, 0.1) is 13.8 Å². The summed E-state index contributed by atoms with van der Waals surface area (Å²) < 4.78 is 18.9. The Bertz CT molecular complexity index is 575. The maximum Gasteiger partial charge on any atom is 0.197 e. The van der Waals surface area contributed by atoms with Crippen LogP contribution in [0.15, 0.2) is 23.2 Å². The van der Waals surface area contributed by atoms with E-state index in [4.69, 9.17) is 16.3 Å². The van der Waals surface area contributed by atoms with E-state index in [1.807, 2.05) is 11.0 Å². The lowest BCUT2D eigenvalue weighted by Gasteiger charge is -2.37. The van der Waals surface area contributed by atoms with E-state index in [0.717, 1.165) is 12.2 Å². The van der Waals surface area contributed by atoms with E-state index < -0.39 is 0 Å². The van der Waals surface area contributed by atoms with Crippen LogP contribution in [-0.4, -0.2) is 37.2 Å². The molecule has 6 heteroatoms. The average Bonchev–Trinajstić information content (AvgIpc) is 2.58. The Labute approximate surface area is 141 Å². The van der Waals surface area contributed by atoms with Gasteiger partial charge in [-0.3, -0.25) is 0 Å². The van der Waals surface area contributed by atoms with Gasteiger partial charge in [0.15, 0.2) is 16.9 Å². The van der Waals surface area contributed by atoms with Crippen molar-refractivity contribution in [2.45, 2.75) is 32.1 Å². The fourth-order valence-electron chi connectivity index (χ4n) is 3.38. The maximum absolute atomic E-state index is 13.9. The molecule has 23 heavy (non-hydrogen) atoms. The third-order valence-corrected chi connectivity index (χ3v) is 5.04. The number of benzene rings is 1. The second-order valence-corrected chi connectivity index (χ2v) is 6.63. The lowest BCUT2D eigenvalue weighted by atomic mass is 9.89. The minimum atomic E-state index is -0.357. The zero-order valence-electron chi connectivity index (χ0n) is 13.5. The molecule has 0 bridgehead atoms. The summed E-state index contributed by atoms with van der Waals surface area (Å²) in [4.78, 5) is 8.51. The van der Waals surface area contributed by atoms with Crippen molar-refractivity contribution in [3.63, 3.8) is 0 Å². The Morgan fingerprint density at radius 1 is 1.30 bits per heavy atom. The summed E-state index contributed by atoms with van der Waals surface area (Å²) in [6.45, 7) is 2.02. The van der Waals surface area contributed by atoms with Crippen molar-refractivity contribution >= 4 is 22.6 Å². The maximum atomic E-state index is 13.9. The highest BCUT2D eigenvalue weighted by atomic mass is 35.5. The van der Waals surface area contributed by atoms with Crippen LogP contribution < -0.4 is 9.64 Å². The van der Waals surface area contributed by atoms with Crippen molar-refractivity contribution in [2.24, 2.45) is 10.9 Å². The molecule has 1 heterocycles. The van der Waals surface area contributed by atoms with Crippen LogP contribution in [-0.2, 0) is 0 Å².